The third-order valence-corrected chi connectivity index (χ3v) is 5.62. The third-order valence-electron chi connectivity index (χ3n) is 4.08. The number of H-pyrrole nitrogens is 1. The number of anilines is 1. The van der Waals surface area contributed by atoms with E-state index in [0.717, 1.165) is 38.1 Å². The van der Waals surface area contributed by atoms with Crippen molar-refractivity contribution in [3.05, 3.63) is 59.5 Å². The number of hydrogen-bond donors (Lipinski definition) is 2. The molecule has 0 aliphatic carbocycles. The number of rotatable bonds is 4. The number of carbonyl (C=O) groups excluding carboxylic acids is 1. The Kier molecular flexibility index (Phi) is 4.93. The molecule has 0 unspecified atom stereocenters. The average Bonchev–Trinajstić information content (AvgIpc) is 3.33. The van der Waals surface area contributed by atoms with Gasteiger partial charge in [-0.05, 0) is 36.8 Å². The lowest BCUT2D eigenvalue weighted by Crippen LogP contribution is -2.07. The molecule has 0 saturated heterocycles. The van der Waals surface area contributed by atoms with Crippen LogP contribution in [0.25, 0.3) is 32.5 Å². The van der Waals surface area contributed by atoms with Crippen LogP contribution in [-0.4, -0.2) is 25.8 Å². The lowest BCUT2D eigenvalue weighted by molar-refractivity contribution is -0.114. The van der Waals surface area contributed by atoms with Crippen LogP contribution in [0.5, 0.6) is 0 Å². The fourth-order valence-electron chi connectivity index (χ4n) is 2.79. The highest BCUT2D eigenvalue weighted by Gasteiger charge is 2.18. The van der Waals surface area contributed by atoms with Gasteiger partial charge in [0.1, 0.15) is 16.6 Å². The maximum Gasteiger partial charge on any atom is 0.222 e. The quantitative estimate of drug-likeness (QED) is 0.486. The molecule has 0 fully saturated rings. The van der Waals surface area contributed by atoms with E-state index in [-0.39, 0.29) is 5.91 Å². The normalized spacial score (nSPS) is 10.8. The number of thiazole rings is 1. The van der Waals surface area contributed by atoms with Gasteiger partial charge < -0.3 is 10.3 Å². The van der Waals surface area contributed by atoms with Crippen LogP contribution >= 0.6 is 22.9 Å². The minimum absolute atomic E-state index is 0.169. The number of pyridine rings is 1. The molecule has 0 radical (unpaired) electrons. The van der Waals surface area contributed by atoms with Crippen molar-refractivity contribution in [2.24, 2.45) is 0 Å². The second kappa shape index (κ2) is 7.53. The predicted octanol–water partition coefficient (Wildman–Crippen LogP) is 5.18. The standard InChI is InChI=1S/C20H16ClN5OS/c1-11-9-13(3-4-15(11)21)17-18(19-23-7-8-24-19)28-20(26-17)14-5-6-22-16(10-14)25-12(2)27/h3-10H,1-2H3,(H,23,24)(H,22,25,27). The largest absolute Gasteiger partial charge is 0.344 e. The van der Waals surface area contributed by atoms with Gasteiger partial charge in [0.05, 0.1) is 10.6 Å². The second-order valence-corrected chi connectivity index (χ2v) is 7.62. The minimum Gasteiger partial charge on any atom is -0.344 e. The fourth-order valence-corrected chi connectivity index (χ4v) is 3.95. The molecule has 0 aliphatic rings. The zero-order valence-electron chi connectivity index (χ0n) is 15.2. The van der Waals surface area contributed by atoms with E-state index in [1.165, 1.54) is 18.3 Å². The highest BCUT2D eigenvalue weighted by atomic mass is 35.5. The Hall–Kier alpha value is -3.03. The van der Waals surface area contributed by atoms with Crippen LogP contribution in [-0.2, 0) is 4.79 Å². The van der Waals surface area contributed by atoms with Crippen molar-refractivity contribution in [1.82, 2.24) is 19.9 Å². The Morgan fingerprint density at radius 1 is 1.14 bits per heavy atom. The number of halogens is 1. The van der Waals surface area contributed by atoms with Gasteiger partial charge in [-0.15, -0.1) is 11.3 Å². The summed E-state index contributed by atoms with van der Waals surface area (Å²) in [5.41, 5.74) is 3.64. The molecule has 4 rings (SSSR count). The molecule has 3 aromatic heterocycles. The second-order valence-electron chi connectivity index (χ2n) is 6.21. The minimum atomic E-state index is -0.169. The number of aryl methyl sites for hydroxylation is 1. The van der Waals surface area contributed by atoms with Gasteiger partial charge in [-0.3, -0.25) is 4.79 Å². The molecule has 28 heavy (non-hydrogen) atoms. The van der Waals surface area contributed by atoms with E-state index in [4.69, 9.17) is 16.6 Å². The number of benzene rings is 1. The van der Waals surface area contributed by atoms with Crippen LogP contribution in [0.1, 0.15) is 12.5 Å². The molecule has 6 nitrogen and oxygen atoms in total. The van der Waals surface area contributed by atoms with Gasteiger partial charge >= 0.3 is 0 Å². The zero-order valence-corrected chi connectivity index (χ0v) is 16.7. The molecule has 0 spiro atoms. The van der Waals surface area contributed by atoms with Gasteiger partial charge in [0.25, 0.3) is 0 Å². The number of aromatic nitrogens is 4. The first-order valence-corrected chi connectivity index (χ1v) is 9.72. The number of imidazole rings is 1. The lowest BCUT2D eigenvalue weighted by atomic mass is 10.1. The molecule has 2 N–H and O–H groups in total. The Morgan fingerprint density at radius 2 is 2.00 bits per heavy atom. The smallest absolute Gasteiger partial charge is 0.222 e. The Labute approximate surface area is 170 Å². The van der Waals surface area contributed by atoms with Gasteiger partial charge in [0.2, 0.25) is 5.91 Å². The average molecular weight is 410 g/mol. The van der Waals surface area contributed by atoms with E-state index >= 15 is 0 Å². The number of amides is 1. The topological polar surface area (TPSA) is 83.6 Å². The first kappa shape index (κ1) is 18.3. The van der Waals surface area contributed by atoms with E-state index in [1.54, 1.807) is 18.6 Å². The summed E-state index contributed by atoms with van der Waals surface area (Å²) < 4.78 is 0. The van der Waals surface area contributed by atoms with E-state index in [0.29, 0.717) is 10.8 Å². The highest BCUT2D eigenvalue weighted by molar-refractivity contribution is 7.18. The number of carbonyl (C=O) groups is 1. The van der Waals surface area contributed by atoms with Gasteiger partial charge in [-0.2, -0.15) is 0 Å². The zero-order chi connectivity index (χ0) is 19.7. The molecule has 3 heterocycles. The first-order valence-electron chi connectivity index (χ1n) is 8.52. The maximum absolute atomic E-state index is 11.3. The molecule has 8 heteroatoms. The molecular weight excluding hydrogens is 394 g/mol. The molecule has 0 bridgehead atoms. The Morgan fingerprint density at radius 3 is 2.71 bits per heavy atom. The first-order chi connectivity index (χ1) is 13.5. The summed E-state index contributed by atoms with van der Waals surface area (Å²) in [6, 6.07) is 9.52. The number of nitrogens with zero attached hydrogens (tertiary/aromatic N) is 3. The molecule has 0 aliphatic heterocycles. The highest BCUT2D eigenvalue weighted by Crippen LogP contribution is 2.40. The molecule has 0 saturated carbocycles. The summed E-state index contributed by atoms with van der Waals surface area (Å²) in [7, 11) is 0. The van der Waals surface area contributed by atoms with Crippen LogP contribution in [0, 0.1) is 6.92 Å². The maximum atomic E-state index is 11.3. The van der Waals surface area contributed by atoms with Gasteiger partial charge in [0.15, 0.2) is 0 Å². The number of nitrogens with one attached hydrogen (secondary N) is 2. The SMILES string of the molecule is CC(=O)Nc1cc(-c2nc(-c3ccc(Cl)c(C)c3)c(-c3ncc[nH]3)s2)ccn1. The van der Waals surface area contributed by atoms with Gasteiger partial charge in [-0.1, -0.05) is 17.7 Å². The van der Waals surface area contributed by atoms with E-state index in [2.05, 4.69) is 20.3 Å². The fraction of sp³-hybridized carbons (Fsp3) is 0.100. The van der Waals surface area contributed by atoms with Gasteiger partial charge in [0, 0.05) is 41.7 Å². The summed E-state index contributed by atoms with van der Waals surface area (Å²) in [4.78, 5) is 28.9. The van der Waals surface area contributed by atoms with Crippen molar-refractivity contribution >= 4 is 34.7 Å². The summed E-state index contributed by atoms with van der Waals surface area (Å²) in [6.45, 7) is 3.42. The summed E-state index contributed by atoms with van der Waals surface area (Å²) >= 11 is 7.71. The van der Waals surface area contributed by atoms with Crippen molar-refractivity contribution in [2.75, 3.05) is 5.32 Å². The van der Waals surface area contributed by atoms with Crippen molar-refractivity contribution in [1.29, 1.82) is 0 Å². The van der Waals surface area contributed by atoms with Crippen molar-refractivity contribution in [3.63, 3.8) is 0 Å². The third kappa shape index (κ3) is 3.67. The monoisotopic (exact) mass is 409 g/mol. The van der Waals surface area contributed by atoms with Gasteiger partial charge in [-0.25, -0.2) is 15.0 Å². The Bertz CT molecular complexity index is 1150. The number of aromatic amines is 1. The Balaban J connectivity index is 1.84. The van der Waals surface area contributed by atoms with Crippen LogP contribution in [0.3, 0.4) is 0 Å². The van der Waals surface area contributed by atoms with Crippen molar-refractivity contribution in [3.8, 4) is 32.5 Å². The van der Waals surface area contributed by atoms with Crippen molar-refractivity contribution < 1.29 is 4.79 Å². The summed E-state index contributed by atoms with van der Waals surface area (Å²) in [5.74, 6) is 1.07. The van der Waals surface area contributed by atoms with Crippen LogP contribution in [0.4, 0.5) is 5.82 Å². The van der Waals surface area contributed by atoms with E-state index < -0.39 is 0 Å². The van der Waals surface area contributed by atoms with Crippen molar-refractivity contribution in [2.45, 2.75) is 13.8 Å². The lowest BCUT2D eigenvalue weighted by Gasteiger charge is -2.04. The summed E-state index contributed by atoms with van der Waals surface area (Å²) in [6.07, 6.45) is 5.15. The van der Waals surface area contributed by atoms with E-state index in [1.807, 2.05) is 37.3 Å². The predicted molar refractivity (Wildman–Crippen MR) is 112 cm³/mol. The van der Waals surface area contributed by atoms with E-state index in [9.17, 15) is 4.79 Å². The molecule has 4 aromatic rings. The number of hydrogen-bond acceptors (Lipinski definition) is 5. The van der Waals surface area contributed by atoms with Crippen LogP contribution in [0.15, 0.2) is 48.9 Å². The molecule has 0 atom stereocenters. The molecule has 1 aromatic carbocycles. The summed E-state index contributed by atoms with van der Waals surface area (Å²) in [5, 5.41) is 4.23. The molecular formula is C20H16ClN5OS. The van der Waals surface area contributed by atoms with Crippen LogP contribution in [0.2, 0.25) is 5.02 Å². The molecule has 140 valence electrons. The molecule has 1 amide bonds. The van der Waals surface area contributed by atoms with Crippen LogP contribution < -0.4 is 5.32 Å².